The van der Waals surface area contributed by atoms with E-state index < -0.39 is 11.7 Å². The van der Waals surface area contributed by atoms with Crippen molar-refractivity contribution < 1.29 is 13.2 Å². The van der Waals surface area contributed by atoms with Crippen molar-refractivity contribution in [2.75, 3.05) is 0 Å². The van der Waals surface area contributed by atoms with E-state index in [2.05, 4.69) is 42.4 Å². The first-order chi connectivity index (χ1) is 19.5. The number of hydrogen-bond donors (Lipinski definition) is 0. The van der Waals surface area contributed by atoms with E-state index in [4.69, 9.17) is 16.6 Å². The Morgan fingerprint density at radius 2 is 1.41 bits per heavy atom. The Bertz CT molecular complexity index is 1540. The number of nitrogens with zero attached hydrogens (tertiary/aromatic N) is 3. The van der Waals surface area contributed by atoms with Crippen molar-refractivity contribution in [2.45, 2.75) is 51.4 Å². The number of benzene rings is 4. The summed E-state index contributed by atoms with van der Waals surface area (Å²) in [6.07, 6.45) is -3.70. The number of alkyl halides is 3. The summed E-state index contributed by atoms with van der Waals surface area (Å²) in [7, 11) is 0. The molecule has 4 aromatic carbocycles. The van der Waals surface area contributed by atoms with Crippen LogP contribution in [0.2, 0.25) is 5.02 Å². The number of aliphatic imine (C=N–C) groups is 1. The Balaban J connectivity index is 1.83. The van der Waals surface area contributed by atoms with E-state index in [0.29, 0.717) is 23.9 Å². The van der Waals surface area contributed by atoms with Crippen LogP contribution in [0.1, 0.15) is 40.3 Å². The number of nitroso groups, excluding NO2 is 1. The molecule has 0 heterocycles. The molecule has 0 bridgehead atoms. The van der Waals surface area contributed by atoms with Crippen LogP contribution in [0.25, 0.3) is 0 Å². The highest BCUT2D eigenvalue weighted by Crippen LogP contribution is 2.38. The molecule has 0 N–H and O–H groups in total. The van der Waals surface area contributed by atoms with E-state index in [1.165, 1.54) is 29.5 Å². The first kappa shape index (κ1) is 30.3. The van der Waals surface area contributed by atoms with Gasteiger partial charge in [-0.25, -0.2) is 4.99 Å². The van der Waals surface area contributed by atoms with Gasteiger partial charge in [-0.3, -0.25) is 0 Å². The molecule has 4 rings (SSSR count). The standard InChI is InChI=1S/C32H29ClF3N3OS/c1-4-23-6-8-24(9-7-23)19-39(20-25-10-12-26(38-40)13-11-25)31(41-30-16-5-21(2)17-22(30)3)37-27-14-15-29(33)28(18-27)32(34,35)36/h5-18H,4,19-20H2,1-3H3. The monoisotopic (exact) mass is 595 g/mol. The van der Waals surface area contributed by atoms with Gasteiger partial charge in [0.25, 0.3) is 0 Å². The number of halogens is 4. The largest absolute Gasteiger partial charge is 0.417 e. The third-order valence-corrected chi connectivity index (χ3v) is 8.04. The topological polar surface area (TPSA) is 45.0 Å². The molecule has 0 aliphatic rings. The normalized spacial score (nSPS) is 11.9. The lowest BCUT2D eigenvalue weighted by atomic mass is 10.1. The summed E-state index contributed by atoms with van der Waals surface area (Å²) in [6.45, 7) is 6.94. The first-order valence-electron chi connectivity index (χ1n) is 13.0. The minimum atomic E-state index is -4.61. The molecule has 0 spiro atoms. The van der Waals surface area contributed by atoms with Gasteiger partial charge >= 0.3 is 6.18 Å². The van der Waals surface area contributed by atoms with Crippen LogP contribution in [-0.4, -0.2) is 10.1 Å². The van der Waals surface area contributed by atoms with Gasteiger partial charge in [0, 0.05) is 18.0 Å². The predicted octanol–water partition coefficient (Wildman–Crippen LogP) is 10.4. The fraction of sp³-hybridized carbons (Fsp3) is 0.219. The Kier molecular flexibility index (Phi) is 9.89. The first-order valence-corrected chi connectivity index (χ1v) is 14.2. The molecule has 0 aliphatic carbocycles. The third kappa shape index (κ3) is 8.21. The average Bonchev–Trinajstić information content (AvgIpc) is 2.95. The molecule has 9 heteroatoms. The second-order valence-electron chi connectivity index (χ2n) is 9.71. The maximum absolute atomic E-state index is 13.7. The van der Waals surface area contributed by atoms with Crippen molar-refractivity contribution in [2.24, 2.45) is 10.2 Å². The van der Waals surface area contributed by atoms with Crippen LogP contribution in [-0.2, 0) is 25.7 Å². The molecule has 0 unspecified atom stereocenters. The van der Waals surface area contributed by atoms with E-state index in [1.54, 1.807) is 12.1 Å². The van der Waals surface area contributed by atoms with E-state index >= 15 is 0 Å². The Labute approximate surface area is 247 Å². The van der Waals surface area contributed by atoms with Gasteiger partial charge in [0.05, 0.1) is 16.3 Å². The van der Waals surface area contributed by atoms with Crippen molar-refractivity contribution in [1.29, 1.82) is 0 Å². The van der Waals surface area contributed by atoms with Gasteiger partial charge in [-0.05, 0) is 84.1 Å². The summed E-state index contributed by atoms with van der Waals surface area (Å²) >= 11 is 7.29. The van der Waals surface area contributed by atoms with Gasteiger partial charge in [-0.2, -0.15) is 13.2 Å². The van der Waals surface area contributed by atoms with Gasteiger partial charge in [-0.15, -0.1) is 4.91 Å². The maximum atomic E-state index is 13.7. The predicted molar refractivity (Wildman–Crippen MR) is 162 cm³/mol. The summed E-state index contributed by atoms with van der Waals surface area (Å²) in [5.41, 5.74) is 4.78. The zero-order chi connectivity index (χ0) is 29.6. The van der Waals surface area contributed by atoms with Crippen LogP contribution >= 0.6 is 23.4 Å². The van der Waals surface area contributed by atoms with Crippen molar-refractivity contribution in [3.8, 4) is 0 Å². The number of amidine groups is 1. The van der Waals surface area contributed by atoms with Crippen molar-refractivity contribution in [3.05, 3.63) is 128 Å². The number of thioether (sulfide) groups is 1. The summed E-state index contributed by atoms with van der Waals surface area (Å²) in [5, 5.41) is 3.12. The van der Waals surface area contributed by atoms with Gasteiger partial charge in [0.15, 0.2) is 5.17 Å². The Morgan fingerprint density at radius 3 is 1.98 bits per heavy atom. The van der Waals surface area contributed by atoms with E-state index in [0.717, 1.165) is 39.6 Å². The van der Waals surface area contributed by atoms with Gasteiger partial charge in [0.2, 0.25) is 0 Å². The fourth-order valence-corrected chi connectivity index (χ4v) is 5.44. The SMILES string of the molecule is CCc1ccc(CN(Cc2ccc(N=O)cc2)C(=Nc2ccc(Cl)c(C(F)(F)F)c2)Sc2ccc(C)cc2C)cc1. The van der Waals surface area contributed by atoms with Crippen molar-refractivity contribution >= 4 is 39.9 Å². The number of aryl methyl sites for hydroxylation is 3. The fourth-order valence-electron chi connectivity index (χ4n) is 4.26. The molecule has 0 radical (unpaired) electrons. The molecule has 0 aromatic heterocycles. The lowest BCUT2D eigenvalue weighted by Gasteiger charge is -2.27. The molecule has 0 amide bonds. The van der Waals surface area contributed by atoms with Gasteiger partial charge in [0.1, 0.15) is 5.69 Å². The van der Waals surface area contributed by atoms with Crippen molar-refractivity contribution in [1.82, 2.24) is 4.90 Å². The minimum Gasteiger partial charge on any atom is -0.342 e. The molecule has 41 heavy (non-hydrogen) atoms. The Hall–Kier alpha value is -3.62. The van der Waals surface area contributed by atoms with Gasteiger partial charge in [-0.1, -0.05) is 84.4 Å². The molecule has 0 aliphatic heterocycles. The highest BCUT2D eigenvalue weighted by atomic mass is 35.5. The molecular formula is C32H29ClF3N3OS. The van der Waals surface area contributed by atoms with Crippen LogP contribution < -0.4 is 0 Å². The second kappa shape index (κ2) is 13.4. The van der Waals surface area contributed by atoms with Crippen molar-refractivity contribution in [3.63, 3.8) is 0 Å². The summed E-state index contributed by atoms with van der Waals surface area (Å²) in [5.74, 6) is 0. The van der Waals surface area contributed by atoms with Crippen LogP contribution in [0.3, 0.4) is 0 Å². The highest BCUT2D eigenvalue weighted by molar-refractivity contribution is 8.13. The van der Waals surface area contributed by atoms with Crippen LogP contribution in [0.15, 0.2) is 100.0 Å². The molecule has 0 fully saturated rings. The lowest BCUT2D eigenvalue weighted by molar-refractivity contribution is -0.137. The average molecular weight is 596 g/mol. The summed E-state index contributed by atoms with van der Waals surface area (Å²) < 4.78 is 41.0. The molecule has 0 atom stereocenters. The van der Waals surface area contributed by atoms with Crippen LogP contribution in [0, 0.1) is 18.8 Å². The van der Waals surface area contributed by atoms with E-state index in [-0.39, 0.29) is 10.7 Å². The molecule has 0 saturated heterocycles. The molecule has 0 saturated carbocycles. The second-order valence-corrected chi connectivity index (χ2v) is 11.1. The zero-order valence-electron chi connectivity index (χ0n) is 22.9. The zero-order valence-corrected chi connectivity index (χ0v) is 24.4. The highest BCUT2D eigenvalue weighted by Gasteiger charge is 2.33. The van der Waals surface area contributed by atoms with Crippen LogP contribution in [0.5, 0.6) is 0 Å². The summed E-state index contributed by atoms with van der Waals surface area (Å²) in [6, 6.07) is 24.9. The quantitative estimate of drug-likeness (QED) is 0.0881. The molecule has 4 aromatic rings. The number of rotatable bonds is 8. The van der Waals surface area contributed by atoms with E-state index in [9.17, 15) is 18.1 Å². The van der Waals surface area contributed by atoms with Crippen LogP contribution in [0.4, 0.5) is 24.5 Å². The minimum absolute atomic E-state index is 0.140. The van der Waals surface area contributed by atoms with E-state index in [1.807, 2.05) is 43.0 Å². The van der Waals surface area contributed by atoms with Gasteiger partial charge < -0.3 is 4.90 Å². The molecular weight excluding hydrogens is 567 g/mol. The smallest absolute Gasteiger partial charge is 0.342 e. The summed E-state index contributed by atoms with van der Waals surface area (Å²) in [4.78, 5) is 18.7. The molecule has 4 nitrogen and oxygen atoms in total. The molecule has 212 valence electrons. The Morgan fingerprint density at radius 1 is 0.829 bits per heavy atom. The third-order valence-electron chi connectivity index (χ3n) is 6.50. The lowest BCUT2D eigenvalue weighted by Crippen LogP contribution is -2.28. The number of hydrogen-bond acceptors (Lipinski definition) is 4. The maximum Gasteiger partial charge on any atom is 0.417 e.